The molecule has 1 aromatic carbocycles. The molecule has 1 aromatic heterocycles. The third-order valence-electron chi connectivity index (χ3n) is 3.54. The number of amides is 2. The van der Waals surface area contributed by atoms with Gasteiger partial charge in [-0.1, -0.05) is 30.3 Å². The van der Waals surface area contributed by atoms with Gasteiger partial charge in [-0.15, -0.1) is 0 Å². The monoisotopic (exact) mass is 331 g/mol. The second-order valence-electron chi connectivity index (χ2n) is 6.56. The Hall–Kier alpha value is -2.34. The van der Waals surface area contributed by atoms with Crippen LogP contribution in [-0.4, -0.2) is 33.2 Å². The Labute approximate surface area is 142 Å². The maximum absolute atomic E-state index is 12.5. The average molecular weight is 331 g/mol. The minimum absolute atomic E-state index is 0.213. The summed E-state index contributed by atoms with van der Waals surface area (Å²) in [4.78, 5) is 18.4. The van der Waals surface area contributed by atoms with Crippen LogP contribution >= 0.6 is 0 Å². The molecule has 0 radical (unpaired) electrons. The van der Waals surface area contributed by atoms with Gasteiger partial charge < -0.3 is 19.7 Å². The van der Waals surface area contributed by atoms with Gasteiger partial charge in [0.2, 0.25) is 5.89 Å². The van der Waals surface area contributed by atoms with Crippen LogP contribution in [-0.2, 0) is 13.1 Å². The number of carbonyl (C=O) groups is 1. The van der Waals surface area contributed by atoms with Gasteiger partial charge in [-0.3, -0.25) is 0 Å². The number of hydrogen-bond acceptors (Lipinski definition) is 4. The van der Waals surface area contributed by atoms with E-state index in [0.717, 1.165) is 17.0 Å². The molecule has 24 heavy (non-hydrogen) atoms. The van der Waals surface area contributed by atoms with Crippen molar-refractivity contribution in [2.75, 3.05) is 6.54 Å². The summed E-state index contributed by atoms with van der Waals surface area (Å²) in [5.74, 6) is 1.22. The Morgan fingerprint density at radius 2 is 1.96 bits per heavy atom. The summed E-state index contributed by atoms with van der Waals surface area (Å²) in [6.45, 7) is 7.91. The molecule has 0 bridgehead atoms. The van der Waals surface area contributed by atoms with E-state index in [4.69, 9.17) is 4.42 Å². The van der Waals surface area contributed by atoms with Crippen LogP contribution in [0.25, 0.3) is 0 Å². The van der Waals surface area contributed by atoms with Gasteiger partial charge >= 0.3 is 6.03 Å². The van der Waals surface area contributed by atoms with Crippen LogP contribution in [0.5, 0.6) is 0 Å². The molecular formula is C18H25N3O3. The number of aliphatic hydroxyl groups is 1. The number of oxazole rings is 1. The molecular weight excluding hydrogens is 306 g/mol. The van der Waals surface area contributed by atoms with Gasteiger partial charge in [0, 0.05) is 6.54 Å². The lowest BCUT2D eigenvalue weighted by molar-refractivity contribution is 0.0445. The van der Waals surface area contributed by atoms with Crippen molar-refractivity contribution in [2.45, 2.75) is 46.4 Å². The Morgan fingerprint density at radius 3 is 2.50 bits per heavy atom. The van der Waals surface area contributed by atoms with Gasteiger partial charge in [0.05, 0.1) is 24.4 Å². The molecule has 0 saturated carbocycles. The maximum Gasteiger partial charge on any atom is 0.318 e. The first kappa shape index (κ1) is 18.0. The highest BCUT2D eigenvalue weighted by Crippen LogP contribution is 2.12. The molecule has 0 aliphatic heterocycles. The van der Waals surface area contributed by atoms with Crippen molar-refractivity contribution in [1.82, 2.24) is 15.2 Å². The lowest BCUT2D eigenvalue weighted by Crippen LogP contribution is -2.46. The average Bonchev–Trinajstić information content (AvgIpc) is 2.82. The van der Waals surface area contributed by atoms with Gasteiger partial charge in [-0.2, -0.15) is 0 Å². The molecule has 2 rings (SSSR count). The molecule has 6 heteroatoms. The second-order valence-corrected chi connectivity index (χ2v) is 6.56. The lowest BCUT2D eigenvalue weighted by Gasteiger charge is -2.29. The van der Waals surface area contributed by atoms with Crippen LogP contribution in [0, 0.1) is 13.8 Å². The summed E-state index contributed by atoms with van der Waals surface area (Å²) in [6, 6.07) is 9.41. The Balaban J connectivity index is 2.03. The fraction of sp³-hybridized carbons (Fsp3) is 0.444. The molecule has 6 nitrogen and oxygen atoms in total. The van der Waals surface area contributed by atoms with Gasteiger partial charge in [-0.25, -0.2) is 9.78 Å². The van der Waals surface area contributed by atoms with E-state index in [1.165, 1.54) is 0 Å². The molecule has 130 valence electrons. The predicted octanol–water partition coefficient (Wildman–Crippen LogP) is 2.77. The number of urea groups is 1. The molecule has 0 aliphatic carbocycles. The molecule has 0 saturated heterocycles. The molecule has 0 spiro atoms. The maximum atomic E-state index is 12.5. The SMILES string of the molecule is Cc1nc(CNC(=O)N(Cc2ccccc2)CC(C)(C)O)oc1C. The van der Waals surface area contributed by atoms with Crippen LogP contribution in [0.2, 0.25) is 0 Å². The molecule has 0 unspecified atom stereocenters. The van der Waals surface area contributed by atoms with E-state index >= 15 is 0 Å². The van der Waals surface area contributed by atoms with Gasteiger partial charge in [0.25, 0.3) is 0 Å². The van der Waals surface area contributed by atoms with Crippen molar-refractivity contribution in [1.29, 1.82) is 0 Å². The highest BCUT2D eigenvalue weighted by atomic mass is 16.4. The molecule has 0 aliphatic rings. The quantitative estimate of drug-likeness (QED) is 0.853. The highest BCUT2D eigenvalue weighted by Gasteiger charge is 2.23. The Bertz CT molecular complexity index is 655. The summed E-state index contributed by atoms with van der Waals surface area (Å²) >= 11 is 0. The highest BCUT2D eigenvalue weighted by molar-refractivity contribution is 5.74. The zero-order valence-corrected chi connectivity index (χ0v) is 14.7. The smallest absolute Gasteiger partial charge is 0.318 e. The fourth-order valence-electron chi connectivity index (χ4n) is 2.35. The van der Waals surface area contributed by atoms with Crippen LogP contribution in [0.4, 0.5) is 4.79 Å². The van der Waals surface area contributed by atoms with Crippen molar-refractivity contribution < 1.29 is 14.3 Å². The number of aryl methyl sites for hydroxylation is 2. The van der Waals surface area contributed by atoms with E-state index in [0.29, 0.717) is 12.4 Å². The third-order valence-corrected chi connectivity index (χ3v) is 3.54. The van der Waals surface area contributed by atoms with Gasteiger partial charge in [0.1, 0.15) is 5.76 Å². The fourth-order valence-corrected chi connectivity index (χ4v) is 2.35. The normalized spacial score (nSPS) is 11.4. The van der Waals surface area contributed by atoms with E-state index in [2.05, 4.69) is 10.3 Å². The third kappa shape index (κ3) is 5.38. The minimum Gasteiger partial charge on any atom is -0.444 e. The number of nitrogens with one attached hydrogen (secondary N) is 1. The molecule has 1 heterocycles. The van der Waals surface area contributed by atoms with Crippen LogP contribution in [0.15, 0.2) is 34.7 Å². The standard InChI is InChI=1S/C18H25N3O3/c1-13-14(2)24-16(20-13)10-19-17(22)21(12-18(3,4)23)11-15-8-6-5-7-9-15/h5-9,23H,10-12H2,1-4H3,(H,19,22). The van der Waals surface area contributed by atoms with Crippen molar-refractivity contribution in [3.8, 4) is 0 Å². The Kier molecular flexibility index (Phi) is 5.62. The minimum atomic E-state index is -0.984. The number of benzene rings is 1. The second kappa shape index (κ2) is 7.49. The van der Waals surface area contributed by atoms with E-state index < -0.39 is 5.60 Å². The summed E-state index contributed by atoms with van der Waals surface area (Å²) < 4.78 is 5.47. The largest absolute Gasteiger partial charge is 0.444 e. The number of rotatable bonds is 6. The number of carbonyl (C=O) groups excluding carboxylic acids is 1. The van der Waals surface area contributed by atoms with Crippen molar-refractivity contribution in [2.24, 2.45) is 0 Å². The zero-order valence-electron chi connectivity index (χ0n) is 14.7. The van der Waals surface area contributed by atoms with Crippen molar-refractivity contribution >= 4 is 6.03 Å². The number of nitrogens with zero attached hydrogens (tertiary/aromatic N) is 2. The van der Waals surface area contributed by atoms with Crippen molar-refractivity contribution in [3.63, 3.8) is 0 Å². The first-order valence-electron chi connectivity index (χ1n) is 7.96. The van der Waals surface area contributed by atoms with Crippen molar-refractivity contribution in [3.05, 3.63) is 53.2 Å². The summed E-state index contributed by atoms with van der Waals surface area (Å²) in [7, 11) is 0. The van der Waals surface area contributed by atoms with E-state index in [1.54, 1.807) is 18.7 Å². The molecule has 0 atom stereocenters. The summed E-state index contributed by atoms with van der Waals surface area (Å²) in [6.07, 6.45) is 0. The molecule has 2 aromatic rings. The van der Waals surface area contributed by atoms with E-state index in [-0.39, 0.29) is 19.1 Å². The number of hydrogen-bond donors (Lipinski definition) is 2. The predicted molar refractivity (Wildman–Crippen MR) is 91.4 cm³/mol. The topological polar surface area (TPSA) is 78.6 Å². The van der Waals surface area contributed by atoms with E-state index in [1.807, 2.05) is 44.2 Å². The van der Waals surface area contributed by atoms with Crippen LogP contribution in [0.1, 0.15) is 36.8 Å². The summed E-state index contributed by atoms with van der Waals surface area (Å²) in [5, 5.41) is 12.9. The Morgan fingerprint density at radius 1 is 1.29 bits per heavy atom. The van der Waals surface area contributed by atoms with Crippen LogP contribution in [0.3, 0.4) is 0 Å². The van der Waals surface area contributed by atoms with Crippen LogP contribution < -0.4 is 5.32 Å². The molecule has 2 amide bonds. The lowest BCUT2D eigenvalue weighted by atomic mass is 10.1. The zero-order chi connectivity index (χ0) is 17.7. The number of aromatic nitrogens is 1. The van der Waals surface area contributed by atoms with E-state index in [9.17, 15) is 9.90 Å². The first-order valence-corrected chi connectivity index (χ1v) is 7.96. The van der Waals surface area contributed by atoms with Gasteiger partial charge in [0.15, 0.2) is 0 Å². The van der Waals surface area contributed by atoms with Gasteiger partial charge in [-0.05, 0) is 33.3 Å². The summed E-state index contributed by atoms with van der Waals surface area (Å²) in [5.41, 5.74) is 0.832. The first-order chi connectivity index (χ1) is 11.2. The molecule has 0 fully saturated rings. The molecule has 2 N–H and O–H groups in total.